The van der Waals surface area contributed by atoms with Crippen molar-refractivity contribution in [3.63, 3.8) is 0 Å². The number of carbonyl (C=O) groups is 1. The van der Waals surface area contributed by atoms with E-state index in [1.54, 1.807) is 0 Å². The van der Waals surface area contributed by atoms with Crippen LogP contribution in [0.15, 0.2) is 52.6 Å². The molecule has 2 saturated carbocycles. The molecule has 5 rings (SSSR count). The number of benzene rings is 1. The Kier molecular flexibility index (Phi) is 7.38. The lowest BCUT2D eigenvalue weighted by Gasteiger charge is -2.41. The second-order valence-corrected chi connectivity index (χ2v) is 10.5. The molecular weight excluding hydrogens is 444 g/mol. The molecule has 2 heterocycles. The largest absolute Gasteiger partial charge is 0.453 e. The van der Waals surface area contributed by atoms with Crippen molar-refractivity contribution in [1.29, 1.82) is 0 Å². The Morgan fingerprint density at radius 2 is 1.74 bits per heavy atom. The molecule has 34 heavy (non-hydrogen) atoms. The number of hydrogen-bond donors (Lipinski definition) is 0. The Hall–Kier alpha value is -2.54. The number of amides is 1. The highest BCUT2D eigenvalue weighted by Crippen LogP contribution is 2.33. The van der Waals surface area contributed by atoms with Crippen LogP contribution >= 0.6 is 11.8 Å². The smallest absolute Gasteiger partial charge is 0.233 e. The fourth-order valence-electron chi connectivity index (χ4n) is 5.59. The van der Waals surface area contributed by atoms with Crippen molar-refractivity contribution in [1.82, 2.24) is 19.7 Å². The highest BCUT2D eigenvalue weighted by molar-refractivity contribution is 7.99. The Labute approximate surface area is 205 Å². The Morgan fingerprint density at radius 1 is 1.06 bits per heavy atom. The summed E-state index contributed by atoms with van der Waals surface area (Å²) in [5, 5.41) is 10.6. The van der Waals surface area contributed by atoms with Crippen LogP contribution in [0.1, 0.15) is 64.2 Å². The molecule has 0 bridgehead atoms. The number of thioether (sulfide) groups is 1. The molecule has 0 saturated heterocycles. The zero-order valence-electron chi connectivity index (χ0n) is 19.8. The Bertz CT molecular complexity index is 1070. The summed E-state index contributed by atoms with van der Waals surface area (Å²) in [5.41, 5.74) is 0.825. The maximum Gasteiger partial charge on any atom is 0.233 e. The third-order valence-electron chi connectivity index (χ3n) is 7.22. The lowest BCUT2D eigenvalue weighted by molar-refractivity contribution is -0.135. The SMILES string of the molecule is C=CCn1c(SCC(=O)N(C2CCCCC2)C2CCCCC2)nnc1-c1cc2ccccc2o1. The predicted octanol–water partition coefficient (Wildman–Crippen LogP) is 6.46. The van der Waals surface area contributed by atoms with Gasteiger partial charge in [0, 0.05) is 24.0 Å². The first-order valence-electron chi connectivity index (χ1n) is 12.7. The molecule has 2 aliphatic carbocycles. The van der Waals surface area contributed by atoms with E-state index in [1.165, 1.54) is 50.3 Å². The number of carbonyl (C=O) groups excluding carboxylic acids is 1. The van der Waals surface area contributed by atoms with Crippen molar-refractivity contribution in [2.45, 2.75) is 88.0 Å². The summed E-state index contributed by atoms with van der Waals surface area (Å²) in [6, 6.07) is 10.7. The van der Waals surface area contributed by atoms with Crippen molar-refractivity contribution in [2.75, 3.05) is 5.75 Å². The van der Waals surface area contributed by atoms with Gasteiger partial charge in [-0.15, -0.1) is 16.8 Å². The van der Waals surface area contributed by atoms with Crippen LogP contribution in [-0.4, -0.2) is 43.4 Å². The van der Waals surface area contributed by atoms with Crippen LogP contribution in [-0.2, 0) is 11.3 Å². The van der Waals surface area contributed by atoms with Crippen LogP contribution < -0.4 is 0 Å². The van der Waals surface area contributed by atoms with Crippen LogP contribution in [0, 0.1) is 0 Å². The van der Waals surface area contributed by atoms with Gasteiger partial charge in [-0.1, -0.05) is 74.6 Å². The number of fused-ring (bicyclic) bond motifs is 1. The van der Waals surface area contributed by atoms with Gasteiger partial charge in [0.1, 0.15) is 5.58 Å². The summed E-state index contributed by atoms with van der Waals surface area (Å²) >= 11 is 1.48. The summed E-state index contributed by atoms with van der Waals surface area (Å²) in [6.07, 6.45) is 14.0. The molecule has 0 aliphatic heterocycles. The second kappa shape index (κ2) is 10.8. The first-order valence-corrected chi connectivity index (χ1v) is 13.7. The van der Waals surface area contributed by atoms with Gasteiger partial charge in [-0.05, 0) is 37.8 Å². The topological polar surface area (TPSA) is 64.2 Å². The molecule has 6 nitrogen and oxygen atoms in total. The van der Waals surface area contributed by atoms with Gasteiger partial charge in [-0.3, -0.25) is 9.36 Å². The number of aromatic nitrogens is 3. The van der Waals surface area contributed by atoms with E-state index in [4.69, 9.17) is 4.42 Å². The van der Waals surface area contributed by atoms with Crippen LogP contribution in [0.5, 0.6) is 0 Å². The molecule has 0 spiro atoms. The third-order valence-corrected chi connectivity index (χ3v) is 8.17. The van der Waals surface area contributed by atoms with Crippen LogP contribution in [0.4, 0.5) is 0 Å². The maximum absolute atomic E-state index is 13.6. The summed E-state index contributed by atoms with van der Waals surface area (Å²) < 4.78 is 8.03. The van der Waals surface area contributed by atoms with Crippen LogP contribution in [0.2, 0.25) is 0 Å². The molecule has 2 aromatic heterocycles. The molecule has 0 radical (unpaired) electrons. The first kappa shape index (κ1) is 23.2. The van der Waals surface area contributed by atoms with E-state index < -0.39 is 0 Å². The Morgan fingerprint density at radius 3 is 2.38 bits per heavy atom. The molecule has 3 aromatic rings. The van der Waals surface area contributed by atoms with E-state index in [9.17, 15) is 4.79 Å². The van der Waals surface area contributed by atoms with E-state index in [-0.39, 0.29) is 5.91 Å². The van der Waals surface area contributed by atoms with Crippen molar-refractivity contribution in [3.05, 3.63) is 43.0 Å². The van der Waals surface area contributed by atoms with Crippen LogP contribution in [0.25, 0.3) is 22.6 Å². The quantitative estimate of drug-likeness (QED) is 0.274. The van der Waals surface area contributed by atoms with Gasteiger partial charge in [-0.25, -0.2) is 0 Å². The lowest BCUT2D eigenvalue weighted by atomic mass is 9.88. The maximum atomic E-state index is 13.6. The number of nitrogens with zero attached hydrogens (tertiary/aromatic N) is 4. The molecule has 180 valence electrons. The zero-order chi connectivity index (χ0) is 23.3. The average molecular weight is 479 g/mol. The number of furan rings is 1. The van der Waals surface area contributed by atoms with E-state index in [2.05, 4.69) is 21.7 Å². The molecule has 1 aromatic carbocycles. The van der Waals surface area contributed by atoms with Crippen molar-refractivity contribution in [2.24, 2.45) is 0 Å². The van der Waals surface area contributed by atoms with Gasteiger partial charge in [0.05, 0.1) is 5.75 Å². The summed E-state index contributed by atoms with van der Waals surface area (Å²) in [7, 11) is 0. The highest BCUT2D eigenvalue weighted by Gasteiger charge is 2.32. The molecule has 0 unspecified atom stereocenters. The summed E-state index contributed by atoms with van der Waals surface area (Å²) in [4.78, 5) is 15.9. The molecule has 0 N–H and O–H groups in total. The minimum absolute atomic E-state index is 0.252. The minimum Gasteiger partial charge on any atom is -0.453 e. The zero-order valence-corrected chi connectivity index (χ0v) is 20.6. The molecule has 0 atom stereocenters. The van der Waals surface area contributed by atoms with Gasteiger partial charge in [0.15, 0.2) is 10.9 Å². The van der Waals surface area contributed by atoms with E-state index in [0.717, 1.165) is 41.8 Å². The van der Waals surface area contributed by atoms with Gasteiger partial charge < -0.3 is 9.32 Å². The van der Waals surface area contributed by atoms with Gasteiger partial charge in [-0.2, -0.15) is 0 Å². The first-order chi connectivity index (χ1) is 16.7. The fraction of sp³-hybridized carbons (Fsp3) is 0.519. The summed E-state index contributed by atoms with van der Waals surface area (Å²) in [6.45, 7) is 4.47. The van der Waals surface area contributed by atoms with Crippen LogP contribution in [0.3, 0.4) is 0 Å². The molecule has 2 aliphatic rings. The Balaban J connectivity index is 1.34. The van der Waals surface area contributed by atoms with Crippen molar-refractivity contribution < 1.29 is 9.21 Å². The monoisotopic (exact) mass is 478 g/mol. The van der Waals surface area contributed by atoms with E-state index >= 15 is 0 Å². The number of hydrogen-bond acceptors (Lipinski definition) is 5. The predicted molar refractivity (Wildman–Crippen MR) is 137 cm³/mol. The average Bonchev–Trinajstić information content (AvgIpc) is 3.48. The fourth-order valence-corrected chi connectivity index (χ4v) is 6.41. The third kappa shape index (κ3) is 4.95. The molecular formula is C27H34N4O2S. The molecule has 1 amide bonds. The lowest BCUT2D eigenvalue weighted by Crippen LogP contribution is -2.49. The van der Waals surface area contributed by atoms with Gasteiger partial charge in [0.25, 0.3) is 0 Å². The van der Waals surface area contributed by atoms with E-state index in [1.807, 2.05) is 41.0 Å². The molecule has 2 fully saturated rings. The van der Waals surface area contributed by atoms with Gasteiger partial charge in [0.2, 0.25) is 11.7 Å². The standard InChI is InChI=1S/C27H34N4O2S/c1-2-17-30-26(24-18-20-11-9-10-16-23(20)33-24)28-29-27(30)34-19-25(32)31(21-12-5-3-6-13-21)22-14-7-4-8-15-22/h2,9-11,16,18,21-22H,1,3-8,12-15,17,19H2. The van der Waals surface area contributed by atoms with Crippen molar-refractivity contribution in [3.8, 4) is 11.6 Å². The second-order valence-electron chi connectivity index (χ2n) is 9.53. The minimum atomic E-state index is 0.252. The number of allylic oxidation sites excluding steroid dienone is 1. The van der Waals surface area contributed by atoms with Crippen molar-refractivity contribution >= 4 is 28.6 Å². The number of rotatable bonds is 8. The number of para-hydroxylation sites is 1. The molecule has 7 heteroatoms. The van der Waals surface area contributed by atoms with E-state index in [0.29, 0.717) is 36.0 Å². The normalized spacial score (nSPS) is 17.8. The van der Waals surface area contributed by atoms with Gasteiger partial charge >= 0.3 is 0 Å². The highest BCUT2D eigenvalue weighted by atomic mass is 32.2. The summed E-state index contributed by atoms with van der Waals surface area (Å²) in [5.74, 6) is 1.99.